The van der Waals surface area contributed by atoms with Gasteiger partial charge in [-0.3, -0.25) is 0 Å². The maximum Gasteiger partial charge on any atom is 0.0494 e. The van der Waals surface area contributed by atoms with Crippen LogP contribution in [0.5, 0.6) is 0 Å². The summed E-state index contributed by atoms with van der Waals surface area (Å²) in [5.74, 6) is 1.32. The van der Waals surface area contributed by atoms with Crippen molar-refractivity contribution in [3.05, 3.63) is 28.8 Å². The van der Waals surface area contributed by atoms with Crippen LogP contribution in [0.25, 0.3) is 0 Å². The molecule has 15 heavy (non-hydrogen) atoms. The van der Waals surface area contributed by atoms with Crippen LogP contribution in [0.2, 0.25) is 5.02 Å². The molecule has 0 aliphatic carbocycles. The van der Waals surface area contributed by atoms with Crippen LogP contribution in [-0.4, -0.2) is 13.1 Å². The number of anilines is 1. The zero-order chi connectivity index (χ0) is 10.8. The van der Waals surface area contributed by atoms with Gasteiger partial charge in [0.2, 0.25) is 0 Å². The summed E-state index contributed by atoms with van der Waals surface area (Å²) in [6.45, 7) is 4.51. The summed E-state index contributed by atoms with van der Waals surface area (Å²) in [7, 11) is 0. The molecule has 1 fully saturated rings. The molecule has 0 amide bonds. The first-order chi connectivity index (χ1) is 7.20. The molecular formula is C12H15Cl2N. The van der Waals surface area contributed by atoms with Crippen LogP contribution in [0.4, 0.5) is 5.69 Å². The molecule has 0 N–H and O–H groups in total. The Balaban J connectivity index is 2.29. The minimum atomic E-state index is 0.553. The van der Waals surface area contributed by atoms with E-state index in [0.29, 0.717) is 5.88 Å². The molecule has 2 rings (SSSR count). The second-order valence-electron chi connectivity index (χ2n) is 4.25. The van der Waals surface area contributed by atoms with Gasteiger partial charge in [-0.25, -0.2) is 0 Å². The van der Waals surface area contributed by atoms with Gasteiger partial charge >= 0.3 is 0 Å². The molecule has 0 bridgehead atoms. The third-order valence-corrected chi connectivity index (χ3v) is 3.48. The summed E-state index contributed by atoms with van der Waals surface area (Å²) in [5, 5.41) is 0.790. The Bertz CT molecular complexity index is 351. The van der Waals surface area contributed by atoms with Gasteiger partial charge in [-0.1, -0.05) is 24.6 Å². The fourth-order valence-electron chi connectivity index (χ4n) is 2.10. The van der Waals surface area contributed by atoms with Gasteiger partial charge in [0.1, 0.15) is 0 Å². The minimum absolute atomic E-state index is 0.553. The third-order valence-electron chi connectivity index (χ3n) is 2.96. The Morgan fingerprint density at radius 1 is 1.47 bits per heavy atom. The van der Waals surface area contributed by atoms with E-state index in [-0.39, 0.29) is 0 Å². The van der Waals surface area contributed by atoms with Crippen LogP contribution in [0.1, 0.15) is 18.9 Å². The highest BCUT2D eigenvalue weighted by atomic mass is 35.5. The number of halogens is 2. The second kappa shape index (κ2) is 4.63. The highest BCUT2D eigenvalue weighted by molar-refractivity contribution is 6.31. The molecule has 0 aromatic heterocycles. The van der Waals surface area contributed by atoms with Crippen LogP contribution in [0, 0.1) is 5.92 Å². The molecule has 0 spiro atoms. The molecule has 1 heterocycles. The average Bonchev–Trinajstić information content (AvgIpc) is 2.65. The van der Waals surface area contributed by atoms with Crippen molar-refractivity contribution in [1.82, 2.24) is 0 Å². The number of benzene rings is 1. The van der Waals surface area contributed by atoms with E-state index >= 15 is 0 Å². The molecule has 1 unspecified atom stereocenters. The maximum atomic E-state index is 6.02. The van der Waals surface area contributed by atoms with E-state index in [9.17, 15) is 0 Å². The first-order valence-corrected chi connectivity index (χ1v) is 6.21. The molecule has 1 saturated heterocycles. The van der Waals surface area contributed by atoms with Crippen LogP contribution < -0.4 is 4.90 Å². The Kier molecular flexibility index (Phi) is 3.42. The number of hydrogen-bond acceptors (Lipinski definition) is 1. The summed E-state index contributed by atoms with van der Waals surface area (Å²) < 4.78 is 0. The molecule has 0 radical (unpaired) electrons. The minimum Gasteiger partial charge on any atom is -0.371 e. The second-order valence-corrected chi connectivity index (χ2v) is 4.95. The lowest BCUT2D eigenvalue weighted by Gasteiger charge is -2.21. The normalized spacial score (nSPS) is 21.0. The Hall–Kier alpha value is -0.400. The predicted molar refractivity (Wildman–Crippen MR) is 67.0 cm³/mol. The number of nitrogens with zero attached hydrogens (tertiary/aromatic N) is 1. The molecule has 1 aromatic carbocycles. The molecule has 1 atom stereocenters. The molecule has 1 aliphatic heterocycles. The van der Waals surface area contributed by atoms with Crippen LogP contribution >= 0.6 is 23.2 Å². The topological polar surface area (TPSA) is 3.24 Å². The number of rotatable bonds is 2. The average molecular weight is 244 g/mol. The first-order valence-electron chi connectivity index (χ1n) is 5.30. The summed E-state index contributed by atoms with van der Waals surface area (Å²) >= 11 is 11.9. The first kappa shape index (κ1) is 11.1. The SMILES string of the molecule is CC1CCN(c2cc(Cl)ccc2CCl)C1. The van der Waals surface area contributed by atoms with E-state index < -0.39 is 0 Å². The molecule has 82 valence electrons. The number of alkyl halides is 1. The van der Waals surface area contributed by atoms with Crippen LogP contribution in [0.3, 0.4) is 0 Å². The van der Waals surface area contributed by atoms with Crippen molar-refractivity contribution in [2.75, 3.05) is 18.0 Å². The monoisotopic (exact) mass is 243 g/mol. The standard InChI is InChI=1S/C12H15Cl2N/c1-9-4-5-15(8-9)12-6-11(14)3-2-10(12)7-13/h2-3,6,9H,4-5,7-8H2,1H3. The van der Waals surface area contributed by atoms with Crippen LogP contribution in [0.15, 0.2) is 18.2 Å². The predicted octanol–water partition coefficient (Wildman–Crippen LogP) is 3.93. The van der Waals surface area contributed by atoms with Crippen molar-refractivity contribution >= 4 is 28.9 Å². The van der Waals surface area contributed by atoms with Crippen molar-refractivity contribution in [2.24, 2.45) is 5.92 Å². The van der Waals surface area contributed by atoms with Gasteiger partial charge in [0.15, 0.2) is 0 Å². The van der Waals surface area contributed by atoms with E-state index in [1.54, 1.807) is 0 Å². The summed E-state index contributed by atoms with van der Waals surface area (Å²) in [6, 6.07) is 5.95. The zero-order valence-electron chi connectivity index (χ0n) is 8.84. The van der Waals surface area contributed by atoms with E-state index in [0.717, 1.165) is 24.0 Å². The lowest BCUT2D eigenvalue weighted by Crippen LogP contribution is -2.20. The lowest BCUT2D eigenvalue weighted by atomic mass is 10.1. The highest BCUT2D eigenvalue weighted by Gasteiger charge is 2.20. The molecule has 0 saturated carbocycles. The summed E-state index contributed by atoms with van der Waals surface area (Å²) in [4.78, 5) is 2.38. The maximum absolute atomic E-state index is 6.02. The fraction of sp³-hybridized carbons (Fsp3) is 0.500. The van der Waals surface area contributed by atoms with Gasteiger partial charge < -0.3 is 4.90 Å². The smallest absolute Gasteiger partial charge is 0.0494 e. The number of hydrogen-bond donors (Lipinski definition) is 0. The highest BCUT2D eigenvalue weighted by Crippen LogP contribution is 2.30. The summed E-state index contributed by atoms with van der Waals surface area (Å²) in [6.07, 6.45) is 1.26. The van der Waals surface area contributed by atoms with Gasteiger partial charge in [-0.05, 0) is 30.0 Å². The molecular weight excluding hydrogens is 229 g/mol. The quantitative estimate of drug-likeness (QED) is 0.712. The van der Waals surface area contributed by atoms with Gasteiger partial charge in [-0.15, -0.1) is 11.6 Å². The van der Waals surface area contributed by atoms with Gasteiger partial charge in [0, 0.05) is 29.7 Å². The Morgan fingerprint density at radius 2 is 2.27 bits per heavy atom. The Morgan fingerprint density at radius 3 is 2.87 bits per heavy atom. The largest absolute Gasteiger partial charge is 0.371 e. The fourth-order valence-corrected chi connectivity index (χ4v) is 2.49. The van der Waals surface area contributed by atoms with Crippen LogP contribution in [-0.2, 0) is 5.88 Å². The molecule has 1 nitrogen and oxygen atoms in total. The van der Waals surface area contributed by atoms with E-state index in [1.165, 1.54) is 17.7 Å². The van der Waals surface area contributed by atoms with Crippen molar-refractivity contribution in [3.8, 4) is 0 Å². The molecule has 1 aliphatic rings. The van der Waals surface area contributed by atoms with Gasteiger partial charge in [0.25, 0.3) is 0 Å². The Labute approximate surface area is 101 Å². The van der Waals surface area contributed by atoms with Crippen molar-refractivity contribution in [3.63, 3.8) is 0 Å². The van der Waals surface area contributed by atoms with E-state index in [2.05, 4.69) is 11.8 Å². The third kappa shape index (κ3) is 2.40. The van der Waals surface area contributed by atoms with E-state index in [4.69, 9.17) is 23.2 Å². The van der Waals surface area contributed by atoms with Crippen molar-refractivity contribution in [2.45, 2.75) is 19.2 Å². The summed E-state index contributed by atoms with van der Waals surface area (Å²) in [5.41, 5.74) is 2.39. The molecule has 3 heteroatoms. The van der Waals surface area contributed by atoms with Crippen molar-refractivity contribution in [1.29, 1.82) is 0 Å². The van der Waals surface area contributed by atoms with Gasteiger partial charge in [-0.2, -0.15) is 0 Å². The van der Waals surface area contributed by atoms with E-state index in [1.807, 2.05) is 18.2 Å². The zero-order valence-corrected chi connectivity index (χ0v) is 10.4. The molecule has 1 aromatic rings. The van der Waals surface area contributed by atoms with Gasteiger partial charge in [0.05, 0.1) is 0 Å². The van der Waals surface area contributed by atoms with Crippen molar-refractivity contribution < 1.29 is 0 Å². The lowest BCUT2D eigenvalue weighted by molar-refractivity contribution is 0.659.